The van der Waals surface area contributed by atoms with Crippen LogP contribution < -0.4 is 11.1 Å². The topological polar surface area (TPSA) is 82.2 Å². The molecule has 0 aromatic carbocycles. The largest absolute Gasteiger partial charge is 0.326 e. The normalized spacial score (nSPS) is 20.1. The van der Waals surface area contributed by atoms with E-state index in [2.05, 4.69) is 5.32 Å². The molecule has 0 bridgehead atoms. The highest BCUT2D eigenvalue weighted by Crippen LogP contribution is 2.22. The van der Waals surface area contributed by atoms with E-state index in [0.29, 0.717) is 17.1 Å². The molecule has 5 nitrogen and oxygen atoms in total. The van der Waals surface area contributed by atoms with Crippen LogP contribution in [0.2, 0.25) is 0 Å². The molecule has 17 heavy (non-hydrogen) atoms. The van der Waals surface area contributed by atoms with Crippen molar-refractivity contribution >= 4 is 22.2 Å². The summed E-state index contributed by atoms with van der Waals surface area (Å²) in [4.78, 5) is 13.8. The smallest absolute Gasteiger partial charge is 0.239 e. The molecule has 6 heteroatoms. The molecule has 2 rings (SSSR count). The number of nitrogens with one attached hydrogen (secondary N) is 1. The van der Waals surface area contributed by atoms with E-state index in [1.165, 1.54) is 11.3 Å². The molecule has 0 saturated carbocycles. The molecular weight excluding hydrogens is 236 g/mol. The van der Waals surface area contributed by atoms with E-state index < -0.39 is 0 Å². The summed E-state index contributed by atoms with van der Waals surface area (Å²) in [6.45, 7) is 1.98. The Bertz CT molecular complexity index is 451. The zero-order chi connectivity index (χ0) is 12.3. The molecular formula is C11H14N4OS. The average molecular weight is 250 g/mol. The van der Waals surface area contributed by atoms with Crippen LogP contribution in [0.1, 0.15) is 12.0 Å². The van der Waals surface area contributed by atoms with E-state index in [-0.39, 0.29) is 11.9 Å². The van der Waals surface area contributed by atoms with Gasteiger partial charge >= 0.3 is 0 Å². The molecule has 1 amide bonds. The maximum atomic E-state index is 11.7. The number of nitrogens with two attached hydrogens (primary N) is 1. The molecule has 0 aliphatic carbocycles. The maximum absolute atomic E-state index is 11.7. The zero-order valence-corrected chi connectivity index (χ0v) is 10.2. The third kappa shape index (κ3) is 3.03. The maximum Gasteiger partial charge on any atom is 0.239 e. The quantitative estimate of drug-likeness (QED) is 0.822. The van der Waals surface area contributed by atoms with E-state index in [1.54, 1.807) is 11.4 Å². The Morgan fingerprint density at radius 3 is 3.24 bits per heavy atom. The third-order valence-electron chi connectivity index (χ3n) is 2.71. The lowest BCUT2D eigenvalue weighted by Gasteiger charge is -2.14. The SMILES string of the molecule is N#Cc1ccsc1NC(=O)CN1CC[C@@H](N)C1. The lowest BCUT2D eigenvalue weighted by molar-refractivity contribution is -0.117. The van der Waals surface area contributed by atoms with Gasteiger partial charge in [0.25, 0.3) is 0 Å². The van der Waals surface area contributed by atoms with Crippen molar-refractivity contribution in [3.63, 3.8) is 0 Å². The van der Waals surface area contributed by atoms with Crippen LogP contribution in [0.5, 0.6) is 0 Å². The summed E-state index contributed by atoms with van der Waals surface area (Å²) in [5.74, 6) is -0.0851. The van der Waals surface area contributed by atoms with Crippen molar-refractivity contribution < 1.29 is 4.79 Å². The van der Waals surface area contributed by atoms with Crippen LogP contribution in [0.3, 0.4) is 0 Å². The highest BCUT2D eigenvalue weighted by Gasteiger charge is 2.21. The van der Waals surface area contributed by atoms with E-state index in [4.69, 9.17) is 11.0 Å². The van der Waals surface area contributed by atoms with Gasteiger partial charge in [0.2, 0.25) is 5.91 Å². The molecule has 3 N–H and O–H groups in total. The van der Waals surface area contributed by atoms with Crippen LogP contribution in [0.15, 0.2) is 11.4 Å². The Kier molecular flexibility index (Phi) is 3.74. The van der Waals surface area contributed by atoms with Gasteiger partial charge in [0.15, 0.2) is 0 Å². The summed E-state index contributed by atoms with van der Waals surface area (Å²) in [6.07, 6.45) is 0.940. The zero-order valence-electron chi connectivity index (χ0n) is 9.35. The number of thiophene rings is 1. The fraction of sp³-hybridized carbons (Fsp3) is 0.455. The second kappa shape index (κ2) is 5.27. The first kappa shape index (κ1) is 12.0. The Labute approximate surface area is 104 Å². The molecule has 0 spiro atoms. The number of carbonyl (C=O) groups is 1. The molecule has 1 aliphatic heterocycles. The van der Waals surface area contributed by atoms with Crippen molar-refractivity contribution in [2.24, 2.45) is 5.73 Å². The van der Waals surface area contributed by atoms with Crippen molar-refractivity contribution in [2.75, 3.05) is 25.0 Å². The number of hydrogen-bond donors (Lipinski definition) is 2. The molecule has 1 saturated heterocycles. The minimum absolute atomic E-state index is 0.0851. The van der Waals surface area contributed by atoms with Crippen molar-refractivity contribution in [3.8, 4) is 6.07 Å². The number of hydrogen-bond acceptors (Lipinski definition) is 5. The van der Waals surface area contributed by atoms with Gasteiger partial charge in [-0.25, -0.2) is 0 Å². The number of carbonyl (C=O) groups excluding carboxylic acids is 1. The molecule has 90 valence electrons. The van der Waals surface area contributed by atoms with Gasteiger partial charge in [-0.1, -0.05) is 0 Å². The van der Waals surface area contributed by atoms with Crippen LogP contribution in [0, 0.1) is 11.3 Å². The summed E-state index contributed by atoms with van der Waals surface area (Å²) in [5, 5.41) is 14.0. The minimum Gasteiger partial charge on any atom is -0.326 e. The van der Waals surface area contributed by atoms with Gasteiger partial charge in [-0.05, 0) is 17.9 Å². The fourth-order valence-electron chi connectivity index (χ4n) is 1.87. The monoisotopic (exact) mass is 250 g/mol. The van der Waals surface area contributed by atoms with E-state index in [9.17, 15) is 4.79 Å². The summed E-state index contributed by atoms with van der Waals surface area (Å²) in [6, 6.07) is 3.92. The van der Waals surface area contributed by atoms with Crippen molar-refractivity contribution in [1.82, 2.24) is 4.90 Å². The number of rotatable bonds is 3. The van der Waals surface area contributed by atoms with Gasteiger partial charge in [0.05, 0.1) is 12.1 Å². The van der Waals surface area contributed by atoms with Crippen LogP contribution in [-0.2, 0) is 4.79 Å². The van der Waals surface area contributed by atoms with Gasteiger partial charge in [-0.3, -0.25) is 9.69 Å². The van der Waals surface area contributed by atoms with Crippen molar-refractivity contribution in [1.29, 1.82) is 5.26 Å². The minimum atomic E-state index is -0.0851. The molecule has 0 unspecified atom stereocenters. The Morgan fingerprint density at radius 2 is 2.59 bits per heavy atom. The van der Waals surface area contributed by atoms with Crippen LogP contribution in [0.25, 0.3) is 0 Å². The molecule has 1 atom stereocenters. The fourth-order valence-corrected chi connectivity index (χ4v) is 2.62. The highest BCUT2D eigenvalue weighted by molar-refractivity contribution is 7.14. The summed E-state index contributed by atoms with van der Waals surface area (Å²) < 4.78 is 0. The second-order valence-electron chi connectivity index (χ2n) is 4.11. The van der Waals surface area contributed by atoms with Gasteiger partial charge in [-0.15, -0.1) is 11.3 Å². The number of likely N-dealkylation sites (tertiary alicyclic amines) is 1. The highest BCUT2D eigenvalue weighted by atomic mass is 32.1. The van der Waals surface area contributed by atoms with Gasteiger partial charge in [-0.2, -0.15) is 5.26 Å². The molecule has 1 aliphatic rings. The van der Waals surface area contributed by atoms with E-state index in [0.717, 1.165) is 19.5 Å². The molecule has 1 aromatic rings. The first-order valence-corrected chi connectivity index (χ1v) is 6.32. The number of nitriles is 1. The van der Waals surface area contributed by atoms with Crippen LogP contribution in [0.4, 0.5) is 5.00 Å². The predicted molar refractivity (Wildman–Crippen MR) is 66.7 cm³/mol. The first-order chi connectivity index (χ1) is 8.19. The average Bonchev–Trinajstić information content (AvgIpc) is 2.87. The van der Waals surface area contributed by atoms with E-state index >= 15 is 0 Å². The Balaban J connectivity index is 1.88. The number of anilines is 1. The standard InChI is InChI=1S/C11H14N4OS/c12-5-8-2-4-17-11(8)14-10(16)7-15-3-1-9(13)6-15/h2,4,9H,1,3,6-7,13H2,(H,14,16)/t9-/m1/s1. The van der Waals surface area contributed by atoms with E-state index in [1.807, 2.05) is 11.0 Å². The molecule has 1 aromatic heterocycles. The van der Waals surface area contributed by atoms with Gasteiger partial charge in [0.1, 0.15) is 11.1 Å². The summed E-state index contributed by atoms with van der Waals surface area (Å²) in [5.41, 5.74) is 6.28. The van der Waals surface area contributed by atoms with Crippen molar-refractivity contribution in [2.45, 2.75) is 12.5 Å². The van der Waals surface area contributed by atoms with Gasteiger partial charge < -0.3 is 11.1 Å². The number of nitrogens with zero attached hydrogens (tertiary/aromatic N) is 2. The lowest BCUT2D eigenvalue weighted by atomic mass is 10.3. The molecule has 2 heterocycles. The Hall–Kier alpha value is -1.42. The summed E-state index contributed by atoms with van der Waals surface area (Å²) >= 11 is 1.36. The van der Waals surface area contributed by atoms with Gasteiger partial charge in [0, 0.05) is 19.1 Å². The number of amides is 1. The molecule has 0 radical (unpaired) electrons. The Morgan fingerprint density at radius 1 is 1.76 bits per heavy atom. The van der Waals surface area contributed by atoms with Crippen LogP contribution >= 0.6 is 11.3 Å². The molecule has 1 fully saturated rings. The summed E-state index contributed by atoms with van der Waals surface area (Å²) in [7, 11) is 0. The predicted octanol–water partition coefficient (Wildman–Crippen LogP) is 0.591. The lowest BCUT2D eigenvalue weighted by Crippen LogP contribution is -2.33. The third-order valence-corrected chi connectivity index (χ3v) is 3.54. The second-order valence-corrected chi connectivity index (χ2v) is 5.02. The first-order valence-electron chi connectivity index (χ1n) is 5.44. The van der Waals surface area contributed by atoms with Crippen LogP contribution in [-0.4, -0.2) is 36.5 Å². The van der Waals surface area contributed by atoms with Crippen molar-refractivity contribution in [3.05, 3.63) is 17.0 Å².